The van der Waals surface area contributed by atoms with Gasteiger partial charge in [0.2, 0.25) is 11.8 Å². The molecule has 2 saturated heterocycles. The van der Waals surface area contributed by atoms with Gasteiger partial charge in [-0.1, -0.05) is 6.07 Å². The number of hydrogen-bond acceptors (Lipinski definition) is 4. The summed E-state index contributed by atoms with van der Waals surface area (Å²) in [5.41, 5.74) is 0. The molecule has 1 aromatic heterocycles. The van der Waals surface area contributed by atoms with Crippen LogP contribution in [0.3, 0.4) is 0 Å². The second-order valence-corrected chi connectivity index (χ2v) is 5.59. The van der Waals surface area contributed by atoms with E-state index in [-0.39, 0.29) is 24.1 Å². The number of hydrogen-bond donors (Lipinski definition) is 1. The summed E-state index contributed by atoms with van der Waals surface area (Å²) in [7, 11) is 0. The summed E-state index contributed by atoms with van der Waals surface area (Å²) in [4.78, 5) is 17.5. The van der Waals surface area contributed by atoms with Crippen LogP contribution in [-0.2, 0) is 4.74 Å². The van der Waals surface area contributed by atoms with E-state index in [1.54, 1.807) is 17.0 Å². The number of ether oxygens (including phenoxy) is 2. The fourth-order valence-electron chi connectivity index (χ4n) is 2.75. The van der Waals surface area contributed by atoms with Crippen molar-refractivity contribution in [3.05, 3.63) is 24.1 Å². The highest BCUT2D eigenvalue weighted by atomic mass is 19.1. The van der Waals surface area contributed by atoms with E-state index in [1.165, 1.54) is 6.07 Å². The maximum Gasteiger partial charge on any atom is 0.317 e. The van der Waals surface area contributed by atoms with Crippen molar-refractivity contribution in [1.82, 2.24) is 15.2 Å². The summed E-state index contributed by atoms with van der Waals surface area (Å²) in [5, 5.41) is 2.89. The number of nitrogens with one attached hydrogen (secondary N) is 1. The minimum atomic E-state index is -0.568. The first-order valence-corrected chi connectivity index (χ1v) is 7.64. The Morgan fingerprint density at radius 3 is 3.18 bits per heavy atom. The van der Waals surface area contributed by atoms with Gasteiger partial charge in [0.25, 0.3) is 0 Å². The van der Waals surface area contributed by atoms with E-state index in [0.717, 1.165) is 19.4 Å². The first kappa shape index (κ1) is 15.0. The number of carbonyl (C=O) groups excluding carboxylic acids is 1. The largest absolute Gasteiger partial charge is 0.472 e. The fourth-order valence-corrected chi connectivity index (χ4v) is 2.75. The van der Waals surface area contributed by atoms with Gasteiger partial charge in [0.15, 0.2) is 0 Å². The molecule has 1 N–H and O–H groups in total. The lowest BCUT2D eigenvalue weighted by molar-refractivity contribution is 0.109. The molecule has 2 aliphatic heterocycles. The molecule has 0 spiro atoms. The van der Waals surface area contributed by atoms with Gasteiger partial charge in [-0.15, -0.1) is 0 Å². The summed E-state index contributed by atoms with van der Waals surface area (Å²) >= 11 is 0. The Hall–Kier alpha value is -1.89. The van der Waals surface area contributed by atoms with Crippen LogP contribution < -0.4 is 10.1 Å². The predicted octanol–water partition coefficient (Wildman–Crippen LogP) is 1.56. The zero-order valence-electron chi connectivity index (χ0n) is 12.3. The molecular weight excluding hydrogens is 289 g/mol. The number of halogens is 1. The predicted molar refractivity (Wildman–Crippen MR) is 77.2 cm³/mol. The highest BCUT2D eigenvalue weighted by Gasteiger charge is 2.28. The van der Waals surface area contributed by atoms with Gasteiger partial charge in [0.05, 0.1) is 12.6 Å². The van der Waals surface area contributed by atoms with Crippen molar-refractivity contribution in [3.8, 4) is 5.88 Å². The number of urea groups is 1. The molecule has 2 atom stereocenters. The zero-order valence-corrected chi connectivity index (χ0v) is 12.3. The third-order valence-corrected chi connectivity index (χ3v) is 3.91. The summed E-state index contributed by atoms with van der Waals surface area (Å²) in [6.07, 6.45) is 2.75. The number of carbonyl (C=O) groups is 1. The smallest absolute Gasteiger partial charge is 0.317 e. The van der Waals surface area contributed by atoms with E-state index in [4.69, 9.17) is 9.47 Å². The summed E-state index contributed by atoms with van der Waals surface area (Å²) in [6, 6.07) is 4.34. The Bertz CT molecular complexity index is 523. The minimum Gasteiger partial charge on any atom is -0.472 e. The topological polar surface area (TPSA) is 63.7 Å². The van der Waals surface area contributed by atoms with Gasteiger partial charge in [-0.2, -0.15) is 9.37 Å². The Morgan fingerprint density at radius 1 is 1.50 bits per heavy atom. The van der Waals surface area contributed by atoms with Crippen LogP contribution in [0, 0.1) is 5.95 Å². The first-order chi connectivity index (χ1) is 10.7. The van der Waals surface area contributed by atoms with Gasteiger partial charge in [-0.05, 0) is 18.9 Å². The van der Waals surface area contributed by atoms with Crippen LogP contribution in [0.5, 0.6) is 5.88 Å². The fraction of sp³-hybridized carbons (Fsp3) is 0.600. The molecule has 3 rings (SSSR count). The van der Waals surface area contributed by atoms with Crippen molar-refractivity contribution < 1.29 is 18.7 Å². The third-order valence-electron chi connectivity index (χ3n) is 3.91. The van der Waals surface area contributed by atoms with Crippen LogP contribution in [0.2, 0.25) is 0 Å². The number of likely N-dealkylation sites (tertiary alicyclic amines) is 1. The van der Waals surface area contributed by atoms with Crippen LogP contribution >= 0.6 is 0 Å². The second kappa shape index (κ2) is 6.91. The van der Waals surface area contributed by atoms with Crippen molar-refractivity contribution >= 4 is 6.03 Å². The van der Waals surface area contributed by atoms with Gasteiger partial charge in [-0.25, -0.2) is 4.79 Å². The maximum absolute atomic E-state index is 13.0. The Kier molecular flexibility index (Phi) is 4.72. The van der Waals surface area contributed by atoms with Gasteiger partial charge in [0, 0.05) is 32.2 Å². The zero-order chi connectivity index (χ0) is 15.4. The molecule has 6 nitrogen and oxygen atoms in total. The molecule has 2 amide bonds. The van der Waals surface area contributed by atoms with Crippen molar-refractivity contribution in [3.63, 3.8) is 0 Å². The monoisotopic (exact) mass is 309 g/mol. The molecule has 120 valence electrons. The molecule has 22 heavy (non-hydrogen) atoms. The lowest BCUT2D eigenvalue weighted by Crippen LogP contribution is -2.42. The van der Waals surface area contributed by atoms with E-state index in [0.29, 0.717) is 26.1 Å². The van der Waals surface area contributed by atoms with Crippen LogP contribution in [0.4, 0.5) is 9.18 Å². The second-order valence-electron chi connectivity index (χ2n) is 5.59. The molecule has 7 heteroatoms. The molecule has 0 saturated carbocycles. The standard InChI is InChI=1S/C15H20FN3O3/c16-13-4-1-5-14(18-13)22-12-6-7-19(10-12)15(20)17-9-11-3-2-8-21-11/h1,4-5,11-12H,2-3,6-10H2,(H,17,20). The molecule has 2 aliphatic rings. The van der Waals surface area contributed by atoms with Gasteiger partial charge >= 0.3 is 6.03 Å². The van der Waals surface area contributed by atoms with E-state index < -0.39 is 5.95 Å². The summed E-state index contributed by atoms with van der Waals surface area (Å²) in [5.74, 6) is -0.312. The van der Waals surface area contributed by atoms with E-state index in [9.17, 15) is 9.18 Å². The third kappa shape index (κ3) is 3.85. The highest BCUT2D eigenvalue weighted by Crippen LogP contribution is 2.17. The Balaban J connectivity index is 1.44. The maximum atomic E-state index is 13.0. The number of nitrogens with zero attached hydrogens (tertiary/aromatic N) is 2. The molecule has 1 aromatic rings. The van der Waals surface area contributed by atoms with Crippen LogP contribution in [0.1, 0.15) is 19.3 Å². The quantitative estimate of drug-likeness (QED) is 0.857. The van der Waals surface area contributed by atoms with Crippen LogP contribution in [0.25, 0.3) is 0 Å². The van der Waals surface area contributed by atoms with Crippen LogP contribution in [-0.4, -0.2) is 54.4 Å². The first-order valence-electron chi connectivity index (χ1n) is 7.64. The molecular formula is C15H20FN3O3. The van der Waals surface area contributed by atoms with Gasteiger partial charge in [-0.3, -0.25) is 0 Å². The average Bonchev–Trinajstić information content (AvgIpc) is 3.16. The molecule has 2 unspecified atom stereocenters. The molecule has 0 aliphatic carbocycles. The molecule has 2 fully saturated rings. The summed E-state index contributed by atoms with van der Waals surface area (Å²) < 4.78 is 24.1. The molecule has 3 heterocycles. The van der Waals surface area contributed by atoms with Crippen molar-refractivity contribution in [1.29, 1.82) is 0 Å². The van der Waals surface area contributed by atoms with Crippen molar-refractivity contribution in [2.24, 2.45) is 0 Å². The van der Waals surface area contributed by atoms with E-state index in [1.807, 2.05) is 0 Å². The van der Waals surface area contributed by atoms with Crippen molar-refractivity contribution in [2.75, 3.05) is 26.2 Å². The van der Waals surface area contributed by atoms with Crippen LogP contribution in [0.15, 0.2) is 18.2 Å². The lowest BCUT2D eigenvalue weighted by Gasteiger charge is -2.19. The number of rotatable bonds is 4. The van der Waals surface area contributed by atoms with Crippen molar-refractivity contribution in [2.45, 2.75) is 31.5 Å². The molecule has 0 aromatic carbocycles. The van der Waals surface area contributed by atoms with Gasteiger partial charge in [0.1, 0.15) is 6.10 Å². The molecule has 0 bridgehead atoms. The number of amides is 2. The Morgan fingerprint density at radius 2 is 2.41 bits per heavy atom. The SMILES string of the molecule is O=C(NCC1CCCO1)N1CCC(Oc2cccc(F)n2)C1. The highest BCUT2D eigenvalue weighted by molar-refractivity contribution is 5.74. The molecule has 0 radical (unpaired) electrons. The van der Waals surface area contributed by atoms with Gasteiger partial charge < -0.3 is 19.7 Å². The minimum absolute atomic E-state index is 0.103. The van der Waals surface area contributed by atoms with E-state index in [2.05, 4.69) is 10.3 Å². The number of aromatic nitrogens is 1. The average molecular weight is 309 g/mol. The normalized spacial score (nSPS) is 24.5. The summed E-state index contributed by atoms with van der Waals surface area (Å²) in [6.45, 7) is 2.43. The lowest BCUT2D eigenvalue weighted by atomic mass is 10.2. The van der Waals surface area contributed by atoms with E-state index >= 15 is 0 Å². The Labute approximate surface area is 128 Å². The number of pyridine rings is 1.